The lowest BCUT2D eigenvalue weighted by Crippen LogP contribution is -2.39. The molecule has 0 aromatic carbocycles. The lowest BCUT2D eigenvalue weighted by molar-refractivity contribution is -0.0664. The molecule has 4 heterocycles. The topological polar surface area (TPSA) is 164 Å². The molecule has 0 saturated carbocycles. The van der Waals surface area contributed by atoms with Crippen LogP contribution in [0.25, 0.3) is 11.2 Å². The molecule has 2 fully saturated rings. The van der Waals surface area contributed by atoms with E-state index in [4.69, 9.17) is 15.0 Å². The summed E-state index contributed by atoms with van der Waals surface area (Å²) in [7, 11) is -2.76. The summed E-state index contributed by atoms with van der Waals surface area (Å²) in [6.07, 6.45) is -2.83. The van der Waals surface area contributed by atoms with Crippen LogP contribution in [-0.4, -0.2) is 54.0 Å². The van der Waals surface area contributed by atoms with Crippen molar-refractivity contribution in [1.29, 1.82) is 0 Å². The number of aromatic nitrogens is 4. The first-order valence-corrected chi connectivity index (χ1v) is 8.46. The lowest BCUT2D eigenvalue weighted by Gasteiger charge is -2.27. The Kier molecular flexibility index (Phi) is 3.33. The maximum Gasteiger partial charge on any atom is 0.472 e. The van der Waals surface area contributed by atoms with Gasteiger partial charge >= 0.3 is 7.82 Å². The maximum atomic E-state index is 12.1. The standard InChI is InChI=1S/C11H14N5O7P/c1-15-9(18)5-8(14-11(15)12)16(3-13-5)10-6(17)7-4(22-10)2-21-24(19,20)23-7/h3-4,6-7,10,17H,2H2,1H3,(H2,12,14)(H,19,20). The van der Waals surface area contributed by atoms with Gasteiger partial charge in [-0.05, 0) is 0 Å². The molecule has 4 rings (SSSR count). The van der Waals surface area contributed by atoms with Crippen LogP contribution in [0.3, 0.4) is 0 Å². The Balaban J connectivity index is 1.76. The van der Waals surface area contributed by atoms with Crippen molar-refractivity contribution in [2.45, 2.75) is 24.5 Å². The third kappa shape index (κ3) is 2.19. The Hall–Kier alpha value is -1.82. The van der Waals surface area contributed by atoms with Crippen LogP contribution in [0.5, 0.6) is 0 Å². The average Bonchev–Trinajstić information content (AvgIpc) is 3.06. The Morgan fingerprint density at radius 1 is 1.50 bits per heavy atom. The molecule has 0 bridgehead atoms. The Morgan fingerprint density at radius 2 is 2.25 bits per heavy atom. The molecule has 0 amide bonds. The van der Waals surface area contributed by atoms with Gasteiger partial charge in [0.2, 0.25) is 5.95 Å². The number of nitrogens with zero attached hydrogens (tertiary/aromatic N) is 4. The zero-order chi connectivity index (χ0) is 17.2. The third-order valence-corrected chi connectivity index (χ3v) is 5.06. The van der Waals surface area contributed by atoms with E-state index in [2.05, 4.69) is 14.5 Å². The molecule has 0 aliphatic carbocycles. The number of nitrogens with two attached hydrogens (primary N) is 1. The Labute approximate surface area is 134 Å². The highest BCUT2D eigenvalue weighted by Gasteiger charge is 2.52. The first-order valence-electron chi connectivity index (χ1n) is 6.97. The summed E-state index contributed by atoms with van der Waals surface area (Å²) in [4.78, 5) is 29.6. The van der Waals surface area contributed by atoms with E-state index >= 15 is 0 Å². The molecule has 2 saturated heterocycles. The molecule has 2 aromatic heterocycles. The molecular weight excluding hydrogens is 345 g/mol. The molecule has 0 spiro atoms. The zero-order valence-corrected chi connectivity index (χ0v) is 13.2. The fourth-order valence-electron chi connectivity index (χ4n) is 2.81. The SMILES string of the molecule is Cn1c(N)nc2c(ncn2C2OC3COP(=O)(O)OC3C2O)c1=O. The molecule has 4 N–H and O–H groups in total. The summed E-state index contributed by atoms with van der Waals surface area (Å²) >= 11 is 0. The number of phosphoric ester groups is 1. The van der Waals surface area contributed by atoms with Gasteiger partial charge in [-0.15, -0.1) is 0 Å². The van der Waals surface area contributed by atoms with Crippen molar-refractivity contribution in [3.63, 3.8) is 0 Å². The molecule has 2 aliphatic heterocycles. The smallest absolute Gasteiger partial charge is 0.386 e. The van der Waals surface area contributed by atoms with Gasteiger partial charge in [0.1, 0.15) is 18.3 Å². The van der Waals surface area contributed by atoms with E-state index in [-0.39, 0.29) is 23.7 Å². The zero-order valence-electron chi connectivity index (χ0n) is 12.3. The van der Waals surface area contributed by atoms with E-state index in [0.717, 1.165) is 4.57 Å². The molecule has 13 heteroatoms. The summed E-state index contributed by atoms with van der Waals surface area (Å²) in [5, 5.41) is 10.4. The normalized spacial score (nSPS) is 36.1. The summed E-state index contributed by atoms with van der Waals surface area (Å²) in [5.74, 6) is -0.0291. The largest absolute Gasteiger partial charge is 0.472 e. The van der Waals surface area contributed by atoms with Crippen molar-refractivity contribution in [2.75, 3.05) is 12.3 Å². The average molecular weight is 359 g/mol. The number of rotatable bonds is 1. The third-order valence-electron chi connectivity index (χ3n) is 4.08. The van der Waals surface area contributed by atoms with Crippen molar-refractivity contribution in [3.8, 4) is 0 Å². The van der Waals surface area contributed by atoms with Gasteiger partial charge in [0.15, 0.2) is 17.4 Å². The lowest BCUT2D eigenvalue weighted by atomic mass is 10.1. The fraction of sp³-hybridized carbons (Fsp3) is 0.545. The van der Waals surface area contributed by atoms with Gasteiger partial charge in [0, 0.05) is 7.05 Å². The van der Waals surface area contributed by atoms with Crippen molar-refractivity contribution in [2.24, 2.45) is 7.05 Å². The van der Waals surface area contributed by atoms with Crippen LogP contribution in [0.4, 0.5) is 5.95 Å². The van der Waals surface area contributed by atoms with Crippen LogP contribution in [0, 0.1) is 0 Å². The van der Waals surface area contributed by atoms with Crippen molar-refractivity contribution in [1.82, 2.24) is 19.1 Å². The predicted octanol–water partition coefficient (Wildman–Crippen LogP) is -1.51. The highest BCUT2D eigenvalue weighted by molar-refractivity contribution is 7.47. The molecular formula is C11H14N5O7P. The fourth-order valence-corrected chi connectivity index (χ4v) is 3.78. The van der Waals surface area contributed by atoms with Gasteiger partial charge in [-0.25, -0.2) is 9.55 Å². The van der Waals surface area contributed by atoms with Crippen LogP contribution in [-0.2, 0) is 25.4 Å². The number of aliphatic hydroxyl groups is 1. The van der Waals surface area contributed by atoms with E-state index in [1.807, 2.05) is 0 Å². The van der Waals surface area contributed by atoms with Gasteiger partial charge in [0.05, 0.1) is 12.9 Å². The molecule has 5 atom stereocenters. The number of aliphatic hydroxyl groups excluding tert-OH is 1. The van der Waals surface area contributed by atoms with Crippen LogP contribution in [0.15, 0.2) is 11.1 Å². The molecule has 0 radical (unpaired) electrons. The molecule has 2 aromatic rings. The van der Waals surface area contributed by atoms with Crippen LogP contribution in [0.2, 0.25) is 0 Å². The highest BCUT2D eigenvalue weighted by atomic mass is 31.2. The monoisotopic (exact) mass is 359 g/mol. The Morgan fingerprint density at radius 3 is 3.00 bits per heavy atom. The van der Waals surface area contributed by atoms with Crippen LogP contribution in [0.1, 0.15) is 6.23 Å². The van der Waals surface area contributed by atoms with Gasteiger partial charge in [-0.2, -0.15) is 4.98 Å². The van der Waals surface area contributed by atoms with Crippen molar-refractivity contribution in [3.05, 3.63) is 16.7 Å². The van der Waals surface area contributed by atoms with Crippen molar-refractivity contribution >= 4 is 24.9 Å². The number of ether oxygens (including phenoxy) is 1. The second-order valence-corrected chi connectivity index (χ2v) is 6.95. The number of fused-ring (bicyclic) bond motifs is 2. The van der Waals surface area contributed by atoms with Crippen molar-refractivity contribution < 1.29 is 28.3 Å². The van der Waals surface area contributed by atoms with Gasteiger partial charge < -0.3 is 20.5 Å². The number of anilines is 1. The van der Waals surface area contributed by atoms with Gasteiger partial charge in [-0.1, -0.05) is 0 Å². The second kappa shape index (κ2) is 5.09. The van der Waals surface area contributed by atoms with E-state index in [9.17, 15) is 19.4 Å². The van der Waals surface area contributed by atoms with E-state index in [1.54, 1.807) is 0 Å². The maximum absolute atomic E-state index is 12.1. The number of hydrogen-bond donors (Lipinski definition) is 3. The molecule has 2 aliphatic rings. The van der Waals surface area contributed by atoms with Crippen LogP contribution >= 0.6 is 7.82 Å². The summed E-state index contributed by atoms with van der Waals surface area (Å²) in [6.45, 7) is -0.212. The minimum absolute atomic E-state index is 0.0291. The second-order valence-electron chi connectivity index (χ2n) is 5.55. The minimum atomic E-state index is -4.22. The molecule has 5 unspecified atom stereocenters. The van der Waals surface area contributed by atoms with E-state index in [0.29, 0.717) is 0 Å². The number of nitrogen functional groups attached to an aromatic ring is 1. The molecule has 24 heavy (non-hydrogen) atoms. The number of phosphoric acid groups is 1. The minimum Gasteiger partial charge on any atom is -0.386 e. The quantitative estimate of drug-likeness (QED) is 0.510. The summed E-state index contributed by atoms with van der Waals surface area (Å²) in [5.41, 5.74) is 5.44. The Bertz CT molecular complexity index is 925. The van der Waals surface area contributed by atoms with E-state index in [1.165, 1.54) is 17.9 Å². The summed E-state index contributed by atoms with van der Waals surface area (Å²) in [6, 6.07) is 0. The highest BCUT2D eigenvalue weighted by Crippen LogP contribution is 2.52. The van der Waals surface area contributed by atoms with Crippen LogP contribution < -0.4 is 11.3 Å². The van der Waals surface area contributed by atoms with Gasteiger partial charge in [-0.3, -0.25) is 23.0 Å². The summed E-state index contributed by atoms with van der Waals surface area (Å²) < 4.78 is 29.2. The first kappa shape index (κ1) is 15.7. The molecule has 130 valence electrons. The number of imidazole rings is 1. The molecule has 12 nitrogen and oxygen atoms in total. The number of hydrogen-bond acceptors (Lipinski definition) is 9. The van der Waals surface area contributed by atoms with Gasteiger partial charge in [0.25, 0.3) is 5.56 Å². The predicted molar refractivity (Wildman–Crippen MR) is 77.7 cm³/mol. The van der Waals surface area contributed by atoms with E-state index < -0.39 is 37.9 Å². The first-order chi connectivity index (χ1) is 11.3.